The maximum atomic E-state index is 7.40. The number of halogens is 1. The molecule has 0 saturated heterocycles. The molecule has 0 aliphatic heterocycles. The zero-order chi connectivity index (χ0) is 12.1. The molecule has 0 aliphatic carbocycles. The van der Waals surface area contributed by atoms with Crippen molar-refractivity contribution in [2.75, 3.05) is 13.1 Å². The lowest BCUT2D eigenvalue weighted by atomic mass is 10.1. The van der Waals surface area contributed by atoms with E-state index in [1.165, 1.54) is 4.88 Å². The van der Waals surface area contributed by atoms with Crippen LogP contribution in [-0.2, 0) is 6.54 Å². The van der Waals surface area contributed by atoms with Crippen molar-refractivity contribution in [3.05, 3.63) is 20.8 Å². The van der Waals surface area contributed by atoms with Crippen LogP contribution in [0, 0.1) is 11.3 Å². The molecule has 0 spiro atoms. The topological polar surface area (TPSA) is 53.1 Å². The summed E-state index contributed by atoms with van der Waals surface area (Å²) < 4.78 is 1.14. The van der Waals surface area contributed by atoms with Crippen LogP contribution in [0.4, 0.5) is 0 Å². The van der Waals surface area contributed by atoms with E-state index in [2.05, 4.69) is 39.2 Å². The van der Waals surface area contributed by atoms with E-state index < -0.39 is 0 Å². The summed E-state index contributed by atoms with van der Waals surface area (Å²) in [7, 11) is 0. The molecule has 0 bridgehead atoms. The van der Waals surface area contributed by atoms with Gasteiger partial charge in [0.1, 0.15) is 0 Å². The average Bonchev–Trinajstić information content (AvgIpc) is 2.62. The van der Waals surface area contributed by atoms with Crippen molar-refractivity contribution in [2.24, 2.45) is 11.7 Å². The minimum atomic E-state index is 0.128. The molecule has 1 heterocycles. The lowest BCUT2D eigenvalue weighted by Gasteiger charge is -2.22. The highest BCUT2D eigenvalue weighted by atomic mass is 79.9. The fourth-order valence-corrected chi connectivity index (χ4v) is 2.94. The average molecular weight is 304 g/mol. The maximum Gasteiger partial charge on any atom is 0.0947 e. The Balaban J connectivity index is 2.52. The smallest absolute Gasteiger partial charge is 0.0947 e. The molecular weight excluding hydrogens is 286 g/mol. The summed E-state index contributed by atoms with van der Waals surface area (Å²) in [6.07, 6.45) is 0. The molecule has 1 rings (SSSR count). The molecule has 1 atom stereocenters. The molecule has 0 fully saturated rings. The van der Waals surface area contributed by atoms with Crippen LogP contribution in [0.2, 0.25) is 0 Å². The standard InChI is InChI=1S/C11H18BrN3S/c1-3-15(5-8(2)11(13)14)6-10-4-9(12)7-16-10/h4,7-8H,3,5-6H2,1-2H3,(H3,13,14). The van der Waals surface area contributed by atoms with Gasteiger partial charge in [0.15, 0.2) is 0 Å². The van der Waals surface area contributed by atoms with Crippen LogP contribution in [0.15, 0.2) is 15.9 Å². The monoisotopic (exact) mass is 303 g/mol. The molecule has 1 aromatic rings. The quantitative estimate of drug-likeness (QED) is 0.627. The number of hydrogen-bond acceptors (Lipinski definition) is 3. The van der Waals surface area contributed by atoms with E-state index in [0.29, 0.717) is 0 Å². The first-order valence-electron chi connectivity index (χ1n) is 5.32. The number of nitrogens with zero attached hydrogens (tertiary/aromatic N) is 1. The van der Waals surface area contributed by atoms with Gasteiger partial charge in [-0.2, -0.15) is 0 Å². The summed E-state index contributed by atoms with van der Waals surface area (Å²) in [4.78, 5) is 3.65. The van der Waals surface area contributed by atoms with Gasteiger partial charge in [0, 0.05) is 33.7 Å². The zero-order valence-corrected chi connectivity index (χ0v) is 12.1. The normalized spacial score (nSPS) is 13.0. The number of amidine groups is 1. The van der Waals surface area contributed by atoms with Crippen LogP contribution in [0.1, 0.15) is 18.7 Å². The van der Waals surface area contributed by atoms with Gasteiger partial charge in [0.05, 0.1) is 5.84 Å². The van der Waals surface area contributed by atoms with Gasteiger partial charge < -0.3 is 5.73 Å². The fraction of sp³-hybridized carbons (Fsp3) is 0.545. The Morgan fingerprint density at radius 3 is 2.81 bits per heavy atom. The molecule has 16 heavy (non-hydrogen) atoms. The summed E-state index contributed by atoms with van der Waals surface area (Å²) in [6, 6.07) is 2.14. The predicted molar refractivity (Wildman–Crippen MR) is 74.0 cm³/mol. The summed E-state index contributed by atoms with van der Waals surface area (Å²) in [6.45, 7) is 6.89. The Labute approximate surface area is 109 Å². The lowest BCUT2D eigenvalue weighted by Crippen LogP contribution is -2.33. The summed E-state index contributed by atoms with van der Waals surface area (Å²) in [5, 5.41) is 9.49. The van der Waals surface area contributed by atoms with Gasteiger partial charge in [0.2, 0.25) is 0 Å². The third-order valence-electron chi connectivity index (χ3n) is 2.51. The highest BCUT2D eigenvalue weighted by Gasteiger charge is 2.12. The molecule has 5 heteroatoms. The highest BCUT2D eigenvalue weighted by molar-refractivity contribution is 9.10. The number of hydrogen-bond donors (Lipinski definition) is 2. The second-order valence-electron chi connectivity index (χ2n) is 3.92. The van der Waals surface area contributed by atoms with Crippen LogP contribution < -0.4 is 5.73 Å². The van der Waals surface area contributed by atoms with Crippen LogP contribution in [-0.4, -0.2) is 23.8 Å². The largest absolute Gasteiger partial charge is 0.387 e. The molecule has 90 valence electrons. The van der Waals surface area contributed by atoms with Crippen molar-refractivity contribution < 1.29 is 0 Å². The van der Waals surface area contributed by atoms with E-state index in [4.69, 9.17) is 11.1 Å². The first kappa shape index (κ1) is 13.7. The van der Waals surface area contributed by atoms with E-state index >= 15 is 0 Å². The minimum Gasteiger partial charge on any atom is -0.387 e. The third-order valence-corrected chi connectivity index (χ3v) is 4.19. The Morgan fingerprint density at radius 2 is 2.38 bits per heavy atom. The van der Waals surface area contributed by atoms with Crippen LogP contribution in [0.25, 0.3) is 0 Å². The molecule has 0 amide bonds. The molecule has 1 aromatic heterocycles. The van der Waals surface area contributed by atoms with Crippen molar-refractivity contribution in [2.45, 2.75) is 20.4 Å². The molecule has 1 unspecified atom stereocenters. The SMILES string of the molecule is CCN(Cc1cc(Br)cs1)CC(C)C(=N)N. The van der Waals surface area contributed by atoms with Gasteiger partial charge >= 0.3 is 0 Å². The summed E-state index contributed by atoms with van der Waals surface area (Å²) >= 11 is 5.21. The van der Waals surface area contributed by atoms with E-state index in [9.17, 15) is 0 Å². The minimum absolute atomic E-state index is 0.128. The van der Waals surface area contributed by atoms with Crippen molar-refractivity contribution in [1.82, 2.24) is 4.90 Å². The zero-order valence-electron chi connectivity index (χ0n) is 9.66. The van der Waals surface area contributed by atoms with E-state index in [-0.39, 0.29) is 11.8 Å². The third kappa shape index (κ3) is 4.23. The van der Waals surface area contributed by atoms with E-state index in [1.807, 2.05) is 6.92 Å². The van der Waals surface area contributed by atoms with Crippen molar-refractivity contribution >= 4 is 33.1 Å². The van der Waals surface area contributed by atoms with Gasteiger partial charge in [-0.1, -0.05) is 13.8 Å². The Hall–Kier alpha value is -0.390. The molecule has 0 saturated carbocycles. The Bertz CT molecular complexity index is 351. The molecule has 0 radical (unpaired) electrons. The summed E-state index contributed by atoms with van der Waals surface area (Å²) in [5.74, 6) is 0.397. The number of nitrogens with one attached hydrogen (secondary N) is 1. The van der Waals surface area contributed by atoms with Gasteiger partial charge in [-0.05, 0) is 28.5 Å². The van der Waals surface area contributed by atoms with Gasteiger partial charge in [0.25, 0.3) is 0 Å². The van der Waals surface area contributed by atoms with E-state index in [1.54, 1.807) is 11.3 Å². The van der Waals surface area contributed by atoms with Crippen molar-refractivity contribution in [3.63, 3.8) is 0 Å². The lowest BCUT2D eigenvalue weighted by molar-refractivity contribution is 0.265. The second-order valence-corrected chi connectivity index (χ2v) is 5.83. The molecule has 3 nitrogen and oxygen atoms in total. The molecule has 3 N–H and O–H groups in total. The number of rotatable bonds is 6. The Morgan fingerprint density at radius 1 is 1.69 bits per heavy atom. The maximum absolute atomic E-state index is 7.40. The molecule has 0 aliphatic rings. The van der Waals surface area contributed by atoms with E-state index in [0.717, 1.165) is 24.1 Å². The predicted octanol–water partition coefficient (Wildman–Crippen LogP) is 2.90. The first-order valence-corrected chi connectivity index (χ1v) is 6.99. The Kier molecular flexibility index (Phi) is 5.44. The highest BCUT2D eigenvalue weighted by Crippen LogP contribution is 2.21. The second kappa shape index (κ2) is 6.37. The summed E-state index contributed by atoms with van der Waals surface area (Å²) in [5.41, 5.74) is 5.49. The van der Waals surface area contributed by atoms with Crippen molar-refractivity contribution in [3.8, 4) is 0 Å². The van der Waals surface area contributed by atoms with Crippen LogP contribution >= 0.6 is 27.3 Å². The molecular formula is C11H18BrN3S. The fourth-order valence-electron chi connectivity index (χ4n) is 1.45. The van der Waals surface area contributed by atoms with Crippen LogP contribution in [0.5, 0.6) is 0 Å². The number of thiophene rings is 1. The number of nitrogens with two attached hydrogens (primary N) is 1. The molecule has 0 aromatic carbocycles. The van der Waals surface area contributed by atoms with Crippen LogP contribution in [0.3, 0.4) is 0 Å². The van der Waals surface area contributed by atoms with Crippen molar-refractivity contribution in [1.29, 1.82) is 5.41 Å². The van der Waals surface area contributed by atoms with Gasteiger partial charge in [-0.15, -0.1) is 11.3 Å². The van der Waals surface area contributed by atoms with Gasteiger partial charge in [-0.25, -0.2) is 0 Å². The first-order chi connectivity index (χ1) is 7.52. The van der Waals surface area contributed by atoms with Gasteiger partial charge in [-0.3, -0.25) is 10.3 Å².